The second kappa shape index (κ2) is 2.70. The topological polar surface area (TPSA) is 26.0 Å². The van der Waals surface area contributed by atoms with Crippen LogP contribution in [0.15, 0.2) is 24.8 Å². The summed E-state index contributed by atoms with van der Waals surface area (Å²) in [7, 11) is 0. The van der Waals surface area contributed by atoms with Crippen molar-refractivity contribution in [3.05, 3.63) is 42.0 Å². The second-order valence-electron chi connectivity index (χ2n) is 2.15. The van der Waals surface area contributed by atoms with Crippen molar-refractivity contribution in [2.75, 3.05) is 0 Å². The van der Waals surface area contributed by atoms with Gasteiger partial charge in [-0.05, 0) is 23.8 Å². The molecule has 1 rings (SSSR count). The first-order valence-corrected chi connectivity index (χ1v) is 3.01. The standard InChI is InChI=1S/C8H7F2N/c1-5(11)6-2-3-7(9)8(10)4-6/h2-4H,1,11H2. The van der Waals surface area contributed by atoms with Crippen molar-refractivity contribution in [2.24, 2.45) is 5.73 Å². The van der Waals surface area contributed by atoms with Gasteiger partial charge in [-0.1, -0.05) is 6.58 Å². The minimum absolute atomic E-state index is 0.226. The molecule has 1 nitrogen and oxygen atoms in total. The van der Waals surface area contributed by atoms with E-state index in [1.807, 2.05) is 0 Å². The molecule has 0 spiro atoms. The molecule has 2 N–H and O–H groups in total. The number of nitrogens with two attached hydrogens (primary N) is 1. The normalized spacial score (nSPS) is 9.64. The van der Waals surface area contributed by atoms with Crippen molar-refractivity contribution in [1.82, 2.24) is 0 Å². The lowest BCUT2D eigenvalue weighted by Crippen LogP contribution is -1.95. The Morgan fingerprint density at radius 3 is 2.36 bits per heavy atom. The highest BCUT2D eigenvalue weighted by atomic mass is 19.2. The van der Waals surface area contributed by atoms with E-state index in [1.165, 1.54) is 6.07 Å². The number of hydrogen-bond acceptors (Lipinski definition) is 1. The molecule has 3 heteroatoms. The number of hydrogen-bond donors (Lipinski definition) is 1. The molecule has 0 radical (unpaired) electrons. The van der Waals surface area contributed by atoms with Crippen LogP contribution in [-0.2, 0) is 0 Å². The van der Waals surface area contributed by atoms with Gasteiger partial charge in [0.1, 0.15) is 0 Å². The van der Waals surface area contributed by atoms with Gasteiger partial charge >= 0.3 is 0 Å². The Balaban J connectivity index is 3.15. The average Bonchev–Trinajstić information content (AvgIpc) is 1.94. The third-order valence-electron chi connectivity index (χ3n) is 1.29. The molecule has 1 aromatic carbocycles. The van der Waals surface area contributed by atoms with Crippen LogP contribution in [0.2, 0.25) is 0 Å². The summed E-state index contributed by atoms with van der Waals surface area (Å²) in [6.07, 6.45) is 0. The van der Waals surface area contributed by atoms with Gasteiger partial charge in [-0.3, -0.25) is 0 Å². The molecule has 0 aliphatic rings. The number of rotatable bonds is 1. The van der Waals surface area contributed by atoms with Gasteiger partial charge in [-0.2, -0.15) is 0 Å². The molecular formula is C8H7F2N. The Kier molecular flexibility index (Phi) is 1.89. The Labute approximate surface area is 63.1 Å². The Morgan fingerprint density at radius 1 is 1.27 bits per heavy atom. The zero-order chi connectivity index (χ0) is 8.43. The van der Waals surface area contributed by atoms with Gasteiger partial charge in [-0.25, -0.2) is 8.78 Å². The van der Waals surface area contributed by atoms with Crippen molar-refractivity contribution in [3.8, 4) is 0 Å². The summed E-state index contributed by atoms with van der Waals surface area (Å²) < 4.78 is 24.8. The van der Waals surface area contributed by atoms with Crippen LogP contribution in [0.5, 0.6) is 0 Å². The lowest BCUT2D eigenvalue weighted by Gasteiger charge is -1.98. The van der Waals surface area contributed by atoms with E-state index in [2.05, 4.69) is 6.58 Å². The number of benzene rings is 1. The van der Waals surface area contributed by atoms with Gasteiger partial charge in [0, 0.05) is 5.70 Å². The Bertz CT molecular complexity index is 294. The summed E-state index contributed by atoms with van der Waals surface area (Å²) in [5.41, 5.74) is 5.88. The third kappa shape index (κ3) is 1.55. The molecule has 11 heavy (non-hydrogen) atoms. The summed E-state index contributed by atoms with van der Waals surface area (Å²) >= 11 is 0. The molecule has 0 saturated heterocycles. The van der Waals surface area contributed by atoms with Crippen molar-refractivity contribution >= 4 is 5.70 Å². The molecule has 58 valence electrons. The largest absolute Gasteiger partial charge is 0.399 e. The maximum absolute atomic E-state index is 12.5. The molecule has 0 fully saturated rings. The smallest absolute Gasteiger partial charge is 0.159 e. The van der Waals surface area contributed by atoms with Crippen molar-refractivity contribution in [2.45, 2.75) is 0 Å². The number of halogens is 2. The molecule has 0 aromatic heterocycles. The zero-order valence-corrected chi connectivity index (χ0v) is 5.77. The van der Waals surface area contributed by atoms with E-state index < -0.39 is 11.6 Å². The van der Waals surface area contributed by atoms with Crippen LogP contribution in [0.4, 0.5) is 8.78 Å². The minimum atomic E-state index is -0.908. The van der Waals surface area contributed by atoms with Crippen LogP contribution in [0, 0.1) is 11.6 Å². The van der Waals surface area contributed by atoms with Crippen LogP contribution in [0.3, 0.4) is 0 Å². The predicted molar refractivity (Wildman–Crippen MR) is 39.6 cm³/mol. The lowest BCUT2D eigenvalue weighted by atomic mass is 10.2. The van der Waals surface area contributed by atoms with Crippen LogP contribution >= 0.6 is 0 Å². The molecule has 0 aliphatic heterocycles. The monoisotopic (exact) mass is 155 g/mol. The van der Waals surface area contributed by atoms with Gasteiger partial charge in [-0.15, -0.1) is 0 Å². The third-order valence-corrected chi connectivity index (χ3v) is 1.29. The highest BCUT2D eigenvalue weighted by Gasteiger charge is 2.01. The van der Waals surface area contributed by atoms with Crippen molar-refractivity contribution in [3.63, 3.8) is 0 Å². The fraction of sp³-hybridized carbons (Fsp3) is 0. The predicted octanol–water partition coefficient (Wildman–Crippen LogP) is 1.89. The molecule has 0 unspecified atom stereocenters. The molecule has 0 heterocycles. The lowest BCUT2D eigenvalue weighted by molar-refractivity contribution is 0.508. The molecular weight excluding hydrogens is 148 g/mol. The van der Waals surface area contributed by atoms with Gasteiger partial charge in [0.2, 0.25) is 0 Å². The van der Waals surface area contributed by atoms with Crippen LogP contribution < -0.4 is 5.73 Å². The van der Waals surface area contributed by atoms with E-state index in [0.29, 0.717) is 5.56 Å². The van der Waals surface area contributed by atoms with Gasteiger partial charge < -0.3 is 5.73 Å². The Hall–Kier alpha value is -1.38. The summed E-state index contributed by atoms with van der Waals surface area (Å²) in [4.78, 5) is 0. The summed E-state index contributed by atoms with van der Waals surface area (Å²) in [5.74, 6) is -1.79. The van der Waals surface area contributed by atoms with Gasteiger partial charge in [0.25, 0.3) is 0 Å². The summed E-state index contributed by atoms with van der Waals surface area (Å²) in [6, 6.07) is 3.40. The maximum Gasteiger partial charge on any atom is 0.159 e. The maximum atomic E-state index is 12.5. The first-order valence-electron chi connectivity index (χ1n) is 3.01. The zero-order valence-electron chi connectivity index (χ0n) is 5.77. The SMILES string of the molecule is C=C(N)c1ccc(F)c(F)c1. The van der Waals surface area contributed by atoms with Crippen LogP contribution in [0.1, 0.15) is 5.56 Å². The fourth-order valence-electron chi connectivity index (χ4n) is 0.696. The minimum Gasteiger partial charge on any atom is -0.399 e. The van der Waals surface area contributed by atoms with Gasteiger partial charge in [0.15, 0.2) is 11.6 Å². The molecule has 1 aromatic rings. The highest BCUT2D eigenvalue weighted by Crippen LogP contribution is 2.11. The fourth-order valence-corrected chi connectivity index (χ4v) is 0.696. The van der Waals surface area contributed by atoms with Crippen LogP contribution in [0.25, 0.3) is 5.70 Å². The highest BCUT2D eigenvalue weighted by molar-refractivity contribution is 5.59. The van der Waals surface area contributed by atoms with E-state index >= 15 is 0 Å². The first kappa shape index (κ1) is 7.72. The molecule has 0 atom stereocenters. The van der Waals surface area contributed by atoms with E-state index in [9.17, 15) is 8.78 Å². The van der Waals surface area contributed by atoms with E-state index in [-0.39, 0.29) is 5.70 Å². The molecule has 0 aliphatic carbocycles. The molecule has 0 amide bonds. The average molecular weight is 155 g/mol. The first-order chi connectivity index (χ1) is 5.11. The second-order valence-corrected chi connectivity index (χ2v) is 2.15. The van der Waals surface area contributed by atoms with E-state index in [1.54, 1.807) is 0 Å². The quantitative estimate of drug-likeness (QED) is 0.658. The van der Waals surface area contributed by atoms with Crippen LogP contribution in [-0.4, -0.2) is 0 Å². The van der Waals surface area contributed by atoms with E-state index in [4.69, 9.17) is 5.73 Å². The summed E-state index contributed by atoms with van der Waals surface area (Å²) in [6.45, 7) is 3.38. The molecule has 0 saturated carbocycles. The van der Waals surface area contributed by atoms with Crippen molar-refractivity contribution in [1.29, 1.82) is 0 Å². The van der Waals surface area contributed by atoms with Crippen molar-refractivity contribution < 1.29 is 8.78 Å². The van der Waals surface area contributed by atoms with E-state index in [0.717, 1.165) is 12.1 Å². The summed E-state index contributed by atoms with van der Waals surface area (Å²) in [5, 5.41) is 0. The Morgan fingerprint density at radius 2 is 1.91 bits per heavy atom. The molecule has 0 bridgehead atoms. The van der Waals surface area contributed by atoms with Gasteiger partial charge in [0.05, 0.1) is 0 Å².